The molecule has 0 aliphatic rings. The zero-order chi connectivity index (χ0) is 21.5. The highest BCUT2D eigenvalue weighted by Gasteiger charge is 2.17. The van der Waals surface area contributed by atoms with Crippen molar-refractivity contribution in [1.82, 2.24) is 24.5 Å². The summed E-state index contributed by atoms with van der Waals surface area (Å²) in [6.45, 7) is 1.85. The van der Waals surface area contributed by atoms with Crippen molar-refractivity contribution in [2.75, 3.05) is 7.11 Å². The van der Waals surface area contributed by atoms with Gasteiger partial charge in [-0.15, -0.1) is 0 Å². The Hall–Kier alpha value is -3.70. The molecule has 5 aromatic rings. The largest absolute Gasteiger partial charge is 0.493 e. The highest BCUT2D eigenvalue weighted by molar-refractivity contribution is 7.71. The maximum Gasteiger partial charge on any atom is 0.290 e. The number of aromatic nitrogens is 5. The fourth-order valence-corrected chi connectivity index (χ4v) is 4.20. The lowest BCUT2D eigenvalue weighted by Gasteiger charge is -2.05. The molecule has 0 N–H and O–H groups in total. The van der Waals surface area contributed by atoms with Crippen LogP contribution in [0, 0.1) is 11.8 Å². The van der Waals surface area contributed by atoms with Crippen molar-refractivity contribution in [1.29, 1.82) is 0 Å². The topological polar surface area (TPSA) is 105 Å². The van der Waals surface area contributed by atoms with Crippen LogP contribution < -0.4 is 15.0 Å². The minimum absolute atomic E-state index is 0.0645. The molecule has 0 saturated heterocycles. The van der Waals surface area contributed by atoms with E-state index < -0.39 is 5.56 Å². The molecule has 0 radical (unpaired) electrons. The molecular weight excluding hydrogens is 438 g/mol. The average Bonchev–Trinajstić information content (AvgIpc) is 3.18. The number of fused-ring (bicyclic) bond motifs is 2. The van der Waals surface area contributed by atoms with Gasteiger partial charge in [0.2, 0.25) is 16.6 Å². The Kier molecular flexibility index (Phi) is 4.68. The predicted molar refractivity (Wildman–Crippen MR) is 117 cm³/mol. The van der Waals surface area contributed by atoms with Crippen molar-refractivity contribution in [3.8, 4) is 22.5 Å². The summed E-state index contributed by atoms with van der Waals surface area (Å²) in [4.78, 5) is 30.9. The van der Waals surface area contributed by atoms with Gasteiger partial charge in [-0.1, -0.05) is 11.3 Å². The molecule has 154 valence electrons. The fourth-order valence-electron chi connectivity index (χ4n) is 2.96. The standard InChI is InChI=1S/C20H13N5O4S2/c1-10-12(4-3-8-21-10)28-14-6-5-11-17(24-14)31-19(23-11)25-18(26)15-16(29-20(25)30)13(27-2)7-9-22-15/h3-9H,1-2H3. The summed E-state index contributed by atoms with van der Waals surface area (Å²) in [5, 5.41) is 0.322. The van der Waals surface area contributed by atoms with Crippen molar-refractivity contribution in [2.45, 2.75) is 6.92 Å². The summed E-state index contributed by atoms with van der Waals surface area (Å²) >= 11 is 6.50. The number of nitrogens with zero attached hydrogens (tertiary/aromatic N) is 5. The van der Waals surface area contributed by atoms with Gasteiger partial charge < -0.3 is 13.9 Å². The SMILES string of the molecule is COc1ccnc2c(=O)n(-c3nc4ccc(Oc5cccnc5C)nc4s3)c(=S)oc12. The molecule has 5 aromatic heterocycles. The van der Waals surface area contributed by atoms with Crippen molar-refractivity contribution >= 4 is 45.0 Å². The minimum atomic E-state index is -0.452. The average molecular weight is 451 g/mol. The lowest BCUT2D eigenvalue weighted by Crippen LogP contribution is -2.20. The maximum atomic E-state index is 13.1. The van der Waals surface area contributed by atoms with E-state index in [-0.39, 0.29) is 15.9 Å². The summed E-state index contributed by atoms with van der Waals surface area (Å²) < 4.78 is 17.9. The summed E-state index contributed by atoms with van der Waals surface area (Å²) in [7, 11) is 1.48. The van der Waals surface area contributed by atoms with Crippen LogP contribution in [0.15, 0.2) is 51.9 Å². The number of aryl methyl sites for hydroxylation is 1. The summed E-state index contributed by atoms with van der Waals surface area (Å²) in [5.41, 5.74) is 1.17. The van der Waals surface area contributed by atoms with Crippen molar-refractivity contribution in [3.63, 3.8) is 0 Å². The molecule has 0 aliphatic carbocycles. The minimum Gasteiger partial charge on any atom is -0.493 e. The van der Waals surface area contributed by atoms with Gasteiger partial charge in [-0.25, -0.2) is 19.5 Å². The zero-order valence-electron chi connectivity index (χ0n) is 16.2. The molecule has 31 heavy (non-hydrogen) atoms. The normalized spacial score (nSPS) is 11.2. The third-order valence-corrected chi connectivity index (χ3v) is 5.67. The van der Waals surface area contributed by atoms with E-state index >= 15 is 0 Å². The van der Waals surface area contributed by atoms with Crippen molar-refractivity contribution in [2.24, 2.45) is 0 Å². The number of pyridine rings is 3. The molecule has 0 bridgehead atoms. The Morgan fingerprint density at radius 2 is 1.97 bits per heavy atom. The molecule has 0 aliphatic heterocycles. The van der Waals surface area contributed by atoms with E-state index in [1.54, 1.807) is 30.5 Å². The molecule has 0 saturated carbocycles. The van der Waals surface area contributed by atoms with Crippen LogP contribution >= 0.6 is 23.6 Å². The first-order valence-electron chi connectivity index (χ1n) is 9.01. The number of methoxy groups -OCH3 is 1. The second kappa shape index (κ2) is 7.52. The van der Waals surface area contributed by atoms with Crippen LogP contribution in [0.3, 0.4) is 0 Å². The number of hydrogen-bond acceptors (Lipinski definition) is 10. The van der Waals surface area contributed by atoms with Crippen molar-refractivity contribution < 1.29 is 13.9 Å². The number of rotatable bonds is 4. The van der Waals surface area contributed by atoms with Crippen LogP contribution in [0.25, 0.3) is 26.6 Å². The Morgan fingerprint density at radius 3 is 2.77 bits per heavy atom. The first-order valence-corrected chi connectivity index (χ1v) is 10.2. The Bertz CT molecular complexity index is 1570. The molecule has 0 spiro atoms. The third-order valence-electron chi connectivity index (χ3n) is 4.45. The van der Waals surface area contributed by atoms with E-state index in [4.69, 9.17) is 26.1 Å². The van der Waals surface area contributed by atoms with Gasteiger partial charge in [0.25, 0.3) is 10.4 Å². The monoisotopic (exact) mass is 451 g/mol. The lowest BCUT2D eigenvalue weighted by atomic mass is 10.3. The highest BCUT2D eigenvalue weighted by Crippen LogP contribution is 2.29. The van der Waals surface area contributed by atoms with Gasteiger partial charge in [-0.2, -0.15) is 0 Å². The van der Waals surface area contributed by atoms with Gasteiger partial charge in [0.1, 0.15) is 10.3 Å². The van der Waals surface area contributed by atoms with Gasteiger partial charge in [0, 0.05) is 24.5 Å². The van der Waals surface area contributed by atoms with Crippen molar-refractivity contribution in [3.05, 3.63) is 63.6 Å². The second-order valence-electron chi connectivity index (χ2n) is 6.36. The van der Waals surface area contributed by atoms with Crippen LogP contribution in [0.4, 0.5) is 0 Å². The Morgan fingerprint density at radius 1 is 1.10 bits per heavy atom. The molecule has 9 nitrogen and oxygen atoms in total. The molecule has 0 fully saturated rings. The Balaban J connectivity index is 1.61. The van der Waals surface area contributed by atoms with Crippen LogP contribution in [-0.2, 0) is 0 Å². The van der Waals surface area contributed by atoms with Crippen LogP contribution in [0.1, 0.15) is 5.69 Å². The summed E-state index contributed by atoms with van der Waals surface area (Å²) in [6.07, 6.45) is 3.16. The van der Waals surface area contributed by atoms with E-state index in [9.17, 15) is 4.79 Å². The lowest BCUT2D eigenvalue weighted by molar-refractivity contribution is 0.404. The van der Waals surface area contributed by atoms with Gasteiger partial charge in [-0.3, -0.25) is 9.78 Å². The fraction of sp³-hybridized carbons (Fsp3) is 0.100. The molecule has 5 heterocycles. The first kappa shape index (κ1) is 19.3. The maximum absolute atomic E-state index is 13.1. The Labute approximate surface area is 183 Å². The van der Waals surface area contributed by atoms with Gasteiger partial charge in [0.05, 0.1) is 12.8 Å². The zero-order valence-corrected chi connectivity index (χ0v) is 17.9. The van der Waals surface area contributed by atoms with Gasteiger partial charge in [0.15, 0.2) is 17.0 Å². The number of ether oxygens (including phenoxy) is 2. The van der Waals surface area contributed by atoms with E-state index in [0.717, 1.165) is 5.69 Å². The number of hydrogen-bond donors (Lipinski definition) is 0. The molecule has 5 rings (SSSR count). The predicted octanol–water partition coefficient (Wildman–Crippen LogP) is 4.22. The van der Waals surface area contributed by atoms with Gasteiger partial charge >= 0.3 is 0 Å². The smallest absolute Gasteiger partial charge is 0.290 e. The van der Waals surface area contributed by atoms with E-state index in [2.05, 4.69) is 19.9 Å². The molecule has 0 amide bonds. The second-order valence-corrected chi connectivity index (χ2v) is 7.66. The van der Waals surface area contributed by atoms with E-state index in [1.807, 2.05) is 13.0 Å². The van der Waals surface area contributed by atoms with Gasteiger partial charge in [-0.05, 0) is 37.3 Å². The highest BCUT2D eigenvalue weighted by atomic mass is 32.1. The molecular formula is C20H13N5O4S2. The summed E-state index contributed by atoms with van der Waals surface area (Å²) in [5.74, 6) is 1.37. The summed E-state index contributed by atoms with van der Waals surface area (Å²) in [6, 6.07) is 8.66. The number of thiazole rings is 1. The van der Waals surface area contributed by atoms with Crippen LogP contribution in [-0.4, -0.2) is 31.6 Å². The van der Waals surface area contributed by atoms with Crippen LogP contribution in [0.2, 0.25) is 0 Å². The molecule has 0 atom stereocenters. The molecule has 0 unspecified atom stereocenters. The molecule has 0 aromatic carbocycles. The first-order chi connectivity index (χ1) is 15.0. The quantitative estimate of drug-likeness (QED) is 0.371. The molecule has 11 heteroatoms. The van der Waals surface area contributed by atoms with Crippen LogP contribution in [0.5, 0.6) is 17.4 Å². The van der Waals surface area contributed by atoms with E-state index in [1.165, 1.54) is 29.2 Å². The van der Waals surface area contributed by atoms with E-state index in [0.29, 0.717) is 32.9 Å². The third kappa shape index (κ3) is 3.33.